The zero-order chi connectivity index (χ0) is 9.68. The van der Waals surface area contributed by atoms with Crippen LogP contribution in [0.2, 0.25) is 0 Å². The minimum atomic E-state index is -0.626. The molecular weight excluding hydrogens is 175 g/mol. The lowest BCUT2D eigenvalue weighted by Crippen LogP contribution is -2.43. The fraction of sp³-hybridized carbons (Fsp3) is 0.875. The Bertz CT molecular complexity index is 170. The molecule has 0 atom stereocenters. The summed E-state index contributed by atoms with van der Waals surface area (Å²) in [5.41, 5.74) is 5.66. The van der Waals surface area contributed by atoms with Gasteiger partial charge in [-0.2, -0.15) is 0 Å². The third-order valence-corrected chi connectivity index (χ3v) is 2.10. The number of nitrogens with two attached hydrogens (primary N) is 1. The summed E-state index contributed by atoms with van der Waals surface area (Å²) in [6.07, 6.45) is 1.17. The summed E-state index contributed by atoms with van der Waals surface area (Å²) in [6, 6.07) is 0.185. The summed E-state index contributed by atoms with van der Waals surface area (Å²) in [4.78, 5) is 12.7. The summed E-state index contributed by atoms with van der Waals surface area (Å²) in [6.45, 7) is 0.457. The van der Waals surface area contributed by atoms with Crippen LogP contribution in [0.1, 0.15) is 12.8 Å². The van der Waals surface area contributed by atoms with Crippen LogP contribution in [0, 0.1) is 0 Å². The molecule has 0 unspecified atom stereocenters. The Morgan fingerprint density at radius 1 is 1.54 bits per heavy atom. The quantitative estimate of drug-likeness (QED) is 0.690. The monoisotopic (exact) mass is 190 g/mol. The van der Waals surface area contributed by atoms with Crippen molar-refractivity contribution in [2.24, 2.45) is 5.73 Å². The topological polar surface area (TPSA) is 55.6 Å². The highest BCUT2D eigenvalue weighted by molar-refractivity contribution is 5.67. The van der Waals surface area contributed by atoms with E-state index in [0.717, 1.165) is 12.8 Å². The largest absolute Gasteiger partial charge is 0.447 e. The first-order valence-corrected chi connectivity index (χ1v) is 4.47. The third kappa shape index (κ3) is 3.18. The average molecular weight is 190 g/mol. The Morgan fingerprint density at radius 3 is 2.69 bits per heavy atom. The lowest BCUT2D eigenvalue weighted by Gasteiger charge is -2.29. The Morgan fingerprint density at radius 2 is 2.15 bits per heavy atom. The Balaban J connectivity index is 2.23. The van der Waals surface area contributed by atoms with Gasteiger partial charge in [0.2, 0.25) is 0 Å². The van der Waals surface area contributed by atoms with Crippen molar-refractivity contribution in [3.8, 4) is 0 Å². The van der Waals surface area contributed by atoms with E-state index in [2.05, 4.69) is 4.74 Å². The van der Waals surface area contributed by atoms with Gasteiger partial charge in [-0.05, 0) is 12.8 Å². The van der Waals surface area contributed by atoms with Crippen LogP contribution in [-0.2, 0) is 4.74 Å². The van der Waals surface area contributed by atoms with Crippen LogP contribution in [0.5, 0.6) is 0 Å². The molecule has 1 rings (SSSR count). The Kier molecular flexibility index (Phi) is 3.95. The number of piperidine rings is 1. The van der Waals surface area contributed by atoms with Crippen molar-refractivity contribution >= 4 is 6.09 Å². The van der Waals surface area contributed by atoms with Gasteiger partial charge in [0, 0.05) is 19.1 Å². The zero-order valence-electron chi connectivity index (χ0n) is 7.54. The molecule has 1 amide bonds. The number of likely N-dealkylation sites (tertiary alicyclic amines) is 1. The van der Waals surface area contributed by atoms with Crippen molar-refractivity contribution in [3.05, 3.63) is 0 Å². The van der Waals surface area contributed by atoms with E-state index in [1.807, 2.05) is 0 Å². The molecule has 1 saturated heterocycles. The molecule has 0 bridgehead atoms. The van der Waals surface area contributed by atoms with E-state index < -0.39 is 12.8 Å². The molecule has 1 aliphatic heterocycles. The predicted octanol–water partition coefficient (Wildman–Crippen LogP) is 0.516. The summed E-state index contributed by atoms with van der Waals surface area (Å²) in [7, 11) is 0. The number of rotatable bonds is 2. The van der Waals surface area contributed by atoms with Crippen LogP contribution in [0.25, 0.3) is 0 Å². The molecule has 0 saturated carbocycles. The molecule has 4 nitrogen and oxygen atoms in total. The predicted molar refractivity (Wildman–Crippen MR) is 46.1 cm³/mol. The van der Waals surface area contributed by atoms with Gasteiger partial charge in [0.05, 0.1) is 0 Å². The first-order valence-electron chi connectivity index (χ1n) is 4.47. The van der Waals surface area contributed by atoms with Crippen LogP contribution in [0.3, 0.4) is 0 Å². The van der Waals surface area contributed by atoms with Crippen molar-refractivity contribution in [3.63, 3.8) is 0 Å². The zero-order valence-corrected chi connectivity index (χ0v) is 7.54. The van der Waals surface area contributed by atoms with E-state index in [1.54, 1.807) is 4.90 Å². The van der Waals surface area contributed by atoms with Gasteiger partial charge in [-0.3, -0.25) is 0 Å². The van der Waals surface area contributed by atoms with Crippen LogP contribution in [0.4, 0.5) is 9.18 Å². The first kappa shape index (κ1) is 10.2. The number of hydrogen-bond acceptors (Lipinski definition) is 3. The molecule has 0 aromatic carbocycles. The normalized spacial score (nSPS) is 18.8. The molecule has 0 aromatic rings. The molecule has 2 N–H and O–H groups in total. The van der Waals surface area contributed by atoms with Gasteiger partial charge in [-0.1, -0.05) is 0 Å². The fourth-order valence-corrected chi connectivity index (χ4v) is 1.30. The number of ether oxygens (including phenoxy) is 1. The molecule has 0 radical (unpaired) electrons. The molecule has 1 fully saturated rings. The molecular formula is C8H15FN2O2. The second-order valence-corrected chi connectivity index (χ2v) is 3.13. The van der Waals surface area contributed by atoms with Crippen molar-refractivity contribution in [2.75, 3.05) is 26.4 Å². The number of carbonyl (C=O) groups is 1. The summed E-state index contributed by atoms with van der Waals surface area (Å²) >= 11 is 0. The number of hydrogen-bond donors (Lipinski definition) is 1. The number of halogens is 1. The summed E-state index contributed by atoms with van der Waals surface area (Å²) in [5.74, 6) is 0. The van der Waals surface area contributed by atoms with Crippen LogP contribution in [0.15, 0.2) is 0 Å². The molecule has 1 heterocycles. The second kappa shape index (κ2) is 5.01. The molecule has 5 heteroatoms. The second-order valence-electron chi connectivity index (χ2n) is 3.13. The van der Waals surface area contributed by atoms with Crippen LogP contribution in [-0.4, -0.2) is 43.4 Å². The summed E-state index contributed by atoms with van der Waals surface area (Å²) in [5, 5.41) is 0. The smallest absolute Gasteiger partial charge is 0.409 e. The number of alkyl halides is 1. The minimum absolute atomic E-state index is 0.151. The maximum atomic E-state index is 11.7. The maximum absolute atomic E-state index is 11.7. The van der Waals surface area contributed by atoms with Crippen molar-refractivity contribution in [1.82, 2.24) is 4.90 Å². The molecule has 0 aliphatic carbocycles. The lowest BCUT2D eigenvalue weighted by atomic mass is 10.1. The Hall–Kier alpha value is -0.840. The minimum Gasteiger partial charge on any atom is -0.447 e. The van der Waals surface area contributed by atoms with Gasteiger partial charge in [-0.15, -0.1) is 0 Å². The van der Waals surface area contributed by atoms with E-state index >= 15 is 0 Å². The Labute approximate surface area is 76.8 Å². The molecule has 1 aliphatic rings. The van der Waals surface area contributed by atoms with E-state index in [-0.39, 0.29) is 12.6 Å². The van der Waals surface area contributed by atoms with Gasteiger partial charge in [0.25, 0.3) is 0 Å². The highest BCUT2D eigenvalue weighted by Gasteiger charge is 2.21. The lowest BCUT2D eigenvalue weighted by molar-refractivity contribution is 0.0877. The molecule has 76 valence electrons. The highest BCUT2D eigenvalue weighted by Crippen LogP contribution is 2.09. The van der Waals surface area contributed by atoms with Crippen molar-refractivity contribution < 1.29 is 13.9 Å². The fourth-order valence-electron chi connectivity index (χ4n) is 1.30. The number of amides is 1. The average Bonchev–Trinajstić information content (AvgIpc) is 2.15. The first-order chi connectivity index (χ1) is 6.24. The van der Waals surface area contributed by atoms with Crippen molar-refractivity contribution in [1.29, 1.82) is 0 Å². The maximum Gasteiger partial charge on any atom is 0.409 e. The highest BCUT2D eigenvalue weighted by atomic mass is 19.1. The molecule has 0 aromatic heterocycles. The van der Waals surface area contributed by atoms with E-state index in [0.29, 0.717) is 13.1 Å². The van der Waals surface area contributed by atoms with Gasteiger partial charge in [-0.25, -0.2) is 9.18 Å². The summed E-state index contributed by atoms with van der Waals surface area (Å²) < 4.78 is 16.3. The van der Waals surface area contributed by atoms with Crippen LogP contribution >= 0.6 is 0 Å². The molecule has 13 heavy (non-hydrogen) atoms. The van der Waals surface area contributed by atoms with Gasteiger partial charge in [0.15, 0.2) is 0 Å². The molecule has 0 spiro atoms. The third-order valence-electron chi connectivity index (χ3n) is 2.10. The van der Waals surface area contributed by atoms with Gasteiger partial charge >= 0.3 is 6.09 Å². The van der Waals surface area contributed by atoms with Gasteiger partial charge < -0.3 is 15.4 Å². The van der Waals surface area contributed by atoms with Crippen molar-refractivity contribution in [2.45, 2.75) is 18.9 Å². The van der Waals surface area contributed by atoms with Gasteiger partial charge in [0.1, 0.15) is 13.3 Å². The van der Waals surface area contributed by atoms with E-state index in [1.165, 1.54) is 0 Å². The standard InChI is InChI=1S/C8H15FN2O2/c9-3-6-13-8(12)11-4-1-7(10)2-5-11/h7H,1-6,10H2. The number of carbonyl (C=O) groups excluding carboxylic acids is 1. The van der Waals surface area contributed by atoms with Crippen LogP contribution < -0.4 is 5.73 Å². The SMILES string of the molecule is NC1CCN(C(=O)OCCF)CC1. The van der Waals surface area contributed by atoms with E-state index in [4.69, 9.17) is 5.73 Å². The number of nitrogens with zero attached hydrogens (tertiary/aromatic N) is 1. The van der Waals surface area contributed by atoms with E-state index in [9.17, 15) is 9.18 Å².